The lowest BCUT2D eigenvalue weighted by molar-refractivity contribution is -0.135. The summed E-state index contributed by atoms with van der Waals surface area (Å²) in [5.41, 5.74) is 1.07. The Morgan fingerprint density at radius 1 is 0.963 bits per heavy atom. The Kier molecular flexibility index (Phi) is 4.57. The van der Waals surface area contributed by atoms with Crippen LogP contribution in [0.3, 0.4) is 0 Å². The highest BCUT2D eigenvalue weighted by Crippen LogP contribution is 2.39. The number of nitrogens with zero attached hydrogens (tertiary/aromatic N) is 4. The summed E-state index contributed by atoms with van der Waals surface area (Å²) in [4.78, 5) is 27.1. The van der Waals surface area contributed by atoms with E-state index < -0.39 is 0 Å². The maximum atomic E-state index is 13.1. The molecular weight excluding hydrogens is 336 g/mol. The van der Waals surface area contributed by atoms with Gasteiger partial charge in [0.05, 0.1) is 0 Å². The molecule has 5 heteroatoms. The van der Waals surface area contributed by atoms with E-state index in [1.54, 1.807) is 0 Å². The first-order valence-corrected chi connectivity index (χ1v) is 11.1. The second-order valence-corrected chi connectivity index (χ2v) is 9.31. The van der Waals surface area contributed by atoms with Gasteiger partial charge in [0.1, 0.15) is 11.6 Å². The highest BCUT2D eigenvalue weighted by atomic mass is 16.2. The summed E-state index contributed by atoms with van der Waals surface area (Å²) in [5, 5.41) is 0. The normalized spacial score (nSPS) is 29.1. The van der Waals surface area contributed by atoms with Crippen molar-refractivity contribution in [1.29, 1.82) is 0 Å². The summed E-state index contributed by atoms with van der Waals surface area (Å²) >= 11 is 0. The Morgan fingerprint density at radius 3 is 2.26 bits per heavy atom. The van der Waals surface area contributed by atoms with E-state index in [0.29, 0.717) is 11.8 Å². The molecule has 0 aromatic carbocycles. The maximum Gasteiger partial charge on any atom is 0.225 e. The van der Waals surface area contributed by atoms with Crippen LogP contribution >= 0.6 is 0 Å². The molecule has 0 bridgehead atoms. The summed E-state index contributed by atoms with van der Waals surface area (Å²) in [6.45, 7) is 6.01. The van der Waals surface area contributed by atoms with Crippen LogP contribution in [0.2, 0.25) is 0 Å². The Labute approximate surface area is 162 Å². The molecule has 0 spiro atoms. The minimum Gasteiger partial charge on any atom is -0.356 e. The van der Waals surface area contributed by atoms with Crippen molar-refractivity contribution in [3.05, 3.63) is 17.6 Å². The molecule has 27 heavy (non-hydrogen) atoms. The second kappa shape index (κ2) is 7.06. The summed E-state index contributed by atoms with van der Waals surface area (Å²) < 4.78 is 0. The molecule has 2 saturated carbocycles. The lowest BCUT2D eigenvalue weighted by Crippen LogP contribution is -2.42. The van der Waals surface area contributed by atoms with Gasteiger partial charge < -0.3 is 9.80 Å². The van der Waals surface area contributed by atoms with E-state index in [1.165, 1.54) is 38.5 Å². The Balaban J connectivity index is 1.20. The number of hydrogen-bond donors (Lipinski definition) is 0. The van der Waals surface area contributed by atoms with Gasteiger partial charge in [0.25, 0.3) is 0 Å². The van der Waals surface area contributed by atoms with Crippen LogP contribution in [0.25, 0.3) is 0 Å². The molecule has 0 radical (unpaired) electrons. The van der Waals surface area contributed by atoms with Crippen LogP contribution in [0.4, 0.5) is 5.82 Å². The third-order valence-corrected chi connectivity index (χ3v) is 7.26. The zero-order valence-corrected chi connectivity index (χ0v) is 16.6. The van der Waals surface area contributed by atoms with E-state index in [2.05, 4.69) is 27.8 Å². The molecule has 5 rings (SSSR count). The first kappa shape index (κ1) is 17.4. The van der Waals surface area contributed by atoms with Crippen molar-refractivity contribution in [3.63, 3.8) is 0 Å². The summed E-state index contributed by atoms with van der Waals surface area (Å²) in [5.74, 6) is 4.90. The average molecular weight is 369 g/mol. The maximum absolute atomic E-state index is 13.1. The van der Waals surface area contributed by atoms with Gasteiger partial charge in [0.2, 0.25) is 5.91 Å². The van der Waals surface area contributed by atoms with E-state index in [-0.39, 0.29) is 5.92 Å². The topological polar surface area (TPSA) is 49.3 Å². The van der Waals surface area contributed by atoms with Gasteiger partial charge in [0, 0.05) is 49.8 Å². The van der Waals surface area contributed by atoms with E-state index in [9.17, 15) is 4.79 Å². The summed E-state index contributed by atoms with van der Waals surface area (Å²) in [6.07, 6.45) is 9.80. The number of anilines is 1. The highest BCUT2D eigenvalue weighted by Gasteiger charge is 2.39. The van der Waals surface area contributed by atoms with E-state index in [4.69, 9.17) is 4.98 Å². The molecule has 1 amide bonds. The highest BCUT2D eigenvalue weighted by molar-refractivity contribution is 5.79. The predicted octanol–water partition coefficient (Wildman–Crippen LogP) is 3.53. The minimum atomic E-state index is 0.215. The van der Waals surface area contributed by atoms with Crippen LogP contribution < -0.4 is 4.90 Å². The van der Waals surface area contributed by atoms with Gasteiger partial charge in [-0.2, -0.15) is 0 Å². The number of likely N-dealkylation sites (tertiary alicyclic amines) is 1. The standard InChI is InChI=1S/C22H32N4O/c1-15-12-20(24-21(23-15)16-6-7-16)25-10-8-17(9-11-25)22(27)26-13-18-4-2-3-5-19(18)14-26/h12,16-19H,2-11,13-14H2,1H3. The number of rotatable bonds is 3. The van der Waals surface area contributed by atoms with Crippen LogP contribution in [-0.2, 0) is 4.79 Å². The van der Waals surface area contributed by atoms with Crippen LogP contribution in [0.5, 0.6) is 0 Å². The molecule has 5 nitrogen and oxygen atoms in total. The molecule has 4 aliphatic rings. The molecule has 2 aliphatic heterocycles. The fraction of sp³-hybridized carbons (Fsp3) is 0.773. The average Bonchev–Trinajstić information content (AvgIpc) is 3.46. The van der Waals surface area contributed by atoms with Gasteiger partial charge in [-0.25, -0.2) is 9.97 Å². The number of carbonyl (C=O) groups is 1. The van der Waals surface area contributed by atoms with Gasteiger partial charge in [-0.05, 0) is 57.3 Å². The largest absolute Gasteiger partial charge is 0.356 e. The number of piperidine rings is 1. The molecule has 3 heterocycles. The zero-order chi connectivity index (χ0) is 18.4. The first-order valence-electron chi connectivity index (χ1n) is 11.1. The Morgan fingerprint density at radius 2 is 1.63 bits per heavy atom. The number of hydrogen-bond acceptors (Lipinski definition) is 4. The van der Waals surface area contributed by atoms with Gasteiger partial charge in [-0.15, -0.1) is 0 Å². The molecule has 2 aliphatic carbocycles. The predicted molar refractivity (Wildman–Crippen MR) is 106 cm³/mol. The molecule has 2 atom stereocenters. The van der Waals surface area contributed by atoms with Gasteiger partial charge in [-0.1, -0.05) is 12.8 Å². The first-order chi connectivity index (χ1) is 13.2. The van der Waals surface area contributed by atoms with Crippen molar-refractivity contribution >= 4 is 11.7 Å². The smallest absolute Gasteiger partial charge is 0.225 e. The van der Waals surface area contributed by atoms with Crippen molar-refractivity contribution in [1.82, 2.24) is 14.9 Å². The Hall–Kier alpha value is -1.65. The van der Waals surface area contributed by atoms with Gasteiger partial charge in [0.15, 0.2) is 0 Å². The zero-order valence-electron chi connectivity index (χ0n) is 16.6. The summed E-state index contributed by atoms with van der Waals surface area (Å²) in [7, 11) is 0. The second-order valence-electron chi connectivity index (χ2n) is 9.31. The molecular formula is C22H32N4O. The summed E-state index contributed by atoms with van der Waals surface area (Å²) in [6, 6.07) is 2.11. The lowest BCUT2D eigenvalue weighted by atomic mass is 9.82. The van der Waals surface area contributed by atoms with Gasteiger partial charge in [-0.3, -0.25) is 4.79 Å². The van der Waals surface area contributed by atoms with Crippen molar-refractivity contribution in [2.24, 2.45) is 17.8 Å². The van der Waals surface area contributed by atoms with Crippen LogP contribution in [0.1, 0.15) is 68.8 Å². The molecule has 146 valence electrons. The fourth-order valence-corrected chi connectivity index (χ4v) is 5.46. The van der Waals surface area contributed by atoms with Crippen LogP contribution in [0.15, 0.2) is 6.07 Å². The van der Waals surface area contributed by atoms with Gasteiger partial charge >= 0.3 is 0 Å². The Bertz CT molecular complexity index is 694. The van der Waals surface area contributed by atoms with Crippen LogP contribution in [-0.4, -0.2) is 47.0 Å². The van der Waals surface area contributed by atoms with Crippen molar-refractivity contribution in [2.45, 2.75) is 64.2 Å². The number of carbonyl (C=O) groups excluding carboxylic acids is 1. The molecule has 1 aromatic rings. The third kappa shape index (κ3) is 3.57. The molecule has 2 saturated heterocycles. The molecule has 0 N–H and O–H groups in total. The van der Waals surface area contributed by atoms with E-state index >= 15 is 0 Å². The van der Waals surface area contributed by atoms with E-state index in [0.717, 1.165) is 68.2 Å². The number of fused-ring (bicyclic) bond motifs is 1. The van der Waals surface area contributed by atoms with Crippen molar-refractivity contribution in [2.75, 3.05) is 31.1 Å². The lowest BCUT2D eigenvalue weighted by Gasteiger charge is -2.34. The number of aryl methyl sites for hydroxylation is 1. The molecule has 1 aromatic heterocycles. The SMILES string of the molecule is Cc1cc(N2CCC(C(=O)N3CC4CCCCC4C3)CC2)nc(C2CC2)n1. The quantitative estimate of drug-likeness (QED) is 0.819. The fourth-order valence-electron chi connectivity index (χ4n) is 5.46. The minimum absolute atomic E-state index is 0.215. The van der Waals surface area contributed by atoms with Crippen LogP contribution in [0, 0.1) is 24.7 Å². The third-order valence-electron chi connectivity index (χ3n) is 7.26. The number of amides is 1. The van der Waals surface area contributed by atoms with Crippen molar-refractivity contribution < 1.29 is 4.79 Å². The van der Waals surface area contributed by atoms with Crippen molar-refractivity contribution in [3.8, 4) is 0 Å². The number of aromatic nitrogens is 2. The molecule has 4 fully saturated rings. The monoisotopic (exact) mass is 368 g/mol. The van der Waals surface area contributed by atoms with E-state index in [1.807, 2.05) is 0 Å². The molecule has 2 unspecified atom stereocenters.